The fourth-order valence-corrected chi connectivity index (χ4v) is 2.42. The number of nitrogens with one attached hydrogen (secondary N) is 2. The molecule has 0 aromatic heterocycles. The molecule has 0 unspecified atom stereocenters. The Labute approximate surface area is 157 Å². The number of ketones is 1. The number of hydrogen-bond donors (Lipinski definition) is 2. The van der Waals surface area contributed by atoms with Gasteiger partial charge in [-0.15, -0.1) is 0 Å². The van der Waals surface area contributed by atoms with Crippen LogP contribution in [0.3, 0.4) is 0 Å². The van der Waals surface area contributed by atoms with Crippen LogP contribution >= 0.6 is 0 Å². The Kier molecular flexibility index (Phi) is 6.93. The topological polar surface area (TPSA) is 93.7 Å². The van der Waals surface area contributed by atoms with E-state index in [0.29, 0.717) is 22.7 Å². The number of rotatable bonds is 8. The summed E-state index contributed by atoms with van der Waals surface area (Å²) in [6.45, 7) is 1.70. The van der Waals surface area contributed by atoms with Crippen LogP contribution < -0.4 is 20.1 Å². The maximum Gasteiger partial charge on any atom is 0.233 e. The van der Waals surface area contributed by atoms with Gasteiger partial charge >= 0.3 is 0 Å². The third kappa shape index (κ3) is 5.85. The summed E-state index contributed by atoms with van der Waals surface area (Å²) in [5, 5.41) is 5.29. The summed E-state index contributed by atoms with van der Waals surface area (Å²) in [4.78, 5) is 35.4. The Morgan fingerprint density at radius 3 is 2.33 bits per heavy atom. The number of carbonyl (C=O) groups excluding carboxylic acids is 3. The molecule has 0 spiro atoms. The van der Waals surface area contributed by atoms with Gasteiger partial charge in [-0.05, 0) is 36.8 Å². The highest BCUT2D eigenvalue weighted by molar-refractivity contribution is 6.04. The predicted molar refractivity (Wildman–Crippen MR) is 101 cm³/mol. The molecule has 142 valence electrons. The van der Waals surface area contributed by atoms with Crippen molar-refractivity contribution in [3.05, 3.63) is 53.6 Å². The van der Waals surface area contributed by atoms with Crippen molar-refractivity contribution in [1.82, 2.24) is 5.32 Å². The van der Waals surface area contributed by atoms with E-state index in [9.17, 15) is 14.4 Å². The molecule has 7 nitrogen and oxygen atoms in total. The minimum absolute atomic E-state index is 0.0984. The molecular formula is C20H22N2O5. The van der Waals surface area contributed by atoms with Gasteiger partial charge in [0.2, 0.25) is 11.8 Å². The number of anilines is 1. The summed E-state index contributed by atoms with van der Waals surface area (Å²) < 4.78 is 10.4. The minimum Gasteiger partial charge on any atom is -0.493 e. The van der Waals surface area contributed by atoms with Gasteiger partial charge in [-0.2, -0.15) is 0 Å². The molecule has 27 heavy (non-hydrogen) atoms. The quantitative estimate of drug-likeness (QED) is 0.550. The first-order valence-electron chi connectivity index (χ1n) is 8.31. The summed E-state index contributed by atoms with van der Waals surface area (Å²) in [7, 11) is 3.08. The van der Waals surface area contributed by atoms with Crippen LogP contribution in [0.15, 0.2) is 42.5 Å². The number of benzene rings is 2. The second kappa shape index (κ2) is 9.38. The summed E-state index contributed by atoms with van der Waals surface area (Å²) in [5.41, 5.74) is 1.78. The van der Waals surface area contributed by atoms with Crippen molar-refractivity contribution in [1.29, 1.82) is 0 Å². The van der Waals surface area contributed by atoms with Gasteiger partial charge in [0.1, 0.15) is 6.42 Å². The van der Waals surface area contributed by atoms with E-state index in [1.165, 1.54) is 14.0 Å². The summed E-state index contributed by atoms with van der Waals surface area (Å²) in [6.07, 6.45) is -0.322. The van der Waals surface area contributed by atoms with Crippen molar-refractivity contribution < 1.29 is 23.9 Å². The number of amides is 2. The van der Waals surface area contributed by atoms with Crippen molar-refractivity contribution in [2.75, 3.05) is 19.5 Å². The third-order valence-electron chi connectivity index (χ3n) is 3.81. The van der Waals surface area contributed by atoms with Gasteiger partial charge in [0.25, 0.3) is 0 Å². The fourth-order valence-electron chi connectivity index (χ4n) is 2.42. The molecule has 2 aromatic rings. The van der Waals surface area contributed by atoms with Gasteiger partial charge in [-0.3, -0.25) is 14.4 Å². The molecule has 0 saturated carbocycles. The molecule has 2 N–H and O–H groups in total. The molecule has 0 aliphatic rings. The molecule has 0 aliphatic carbocycles. The number of carbonyl (C=O) groups is 3. The van der Waals surface area contributed by atoms with Gasteiger partial charge in [0.05, 0.1) is 14.2 Å². The molecule has 0 bridgehead atoms. The first kappa shape index (κ1) is 20.0. The number of hydrogen-bond acceptors (Lipinski definition) is 5. The lowest BCUT2D eigenvalue weighted by Crippen LogP contribution is -2.27. The highest BCUT2D eigenvalue weighted by Crippen LogP contribution is 2.27. The lowest BCUT2D eigenvalue weighted by molar-refractivity contribution is -0.126. The molecule has 0 aliphatic heterocycles. The Bertz CT molecular complexity index is 848. The van der Waals surface area contributed by atoms with E-state index in [1.54, 1.807) is 49.6 Å². The highest BCUT2D eigenvalue weighted by Gasteiger charge is 2.11. The summed E-state index contributed by atoms with van der Waals surface area (Å²) >= 11 is 0. The molecule has 0 fully saturated rings. The van der Waals surface area contributed by atoms with Crippen LogP contribution in [0.5, 0.6) is 11.5 Å². The molecule has 2 aromatic carbocycles. The van der Waals surface area contributed by atoms with Gasteiger partial charge in [-0.25, -0.2) is 0 Å². The van der Waals surface area contributed by atoms with Crippen LogP contribution in [0.2, 0.25) is 0 Å². The Morgan fingerprint density at radius 1 is 0.926 bits per heavy atom. The molecule has 7 heteroatoms. The van der Waals surface area contributed by atoms with Crippen LogP contribution in [0.4, 0.5) is 5.69 Å². The average Bonchev–Trinajstić information content (AvgIpc) is 2.66. The lowest BCUT2D eigenvalue weighted by Gasteiger charge is -2.10. The summed E-state index contributed by atoms with van der Waals surface area (Å²) in [6, 6.07) is 11.9. The fraction of sp³-hybridized carbons (Fsp3) is 0.250. The van der Waals surface area contributed by atoms with Crippen LogP contribution in [0, 0.1) is 0 Å². The smallest absolute Gasteiger partial charge is 0.233 e. The van der Waals surface area contributed by atoms with Crippen LogP contribution in [-0.2, 0) is 16.1 Å². The Hall–Kier alpha value is -3.35. The van der Waals surface area contributed by atoms with Crippen LogP contribution in [0.1, 0.15) is 29.3 Å². The van der Waals surface area contributed by atoms with Gasteiger partial charge in [0.15, 0.2) is 17.3 Å². The first-order chi connectivity index (χ1) is 12.9. The molecule has 0 heterocycles. The maximum absolute atomic E-state index is 12.0. The predicted octanol–water partition coefficient (Wildman–Crippen LogP) is 2.55. The van der Waals surface area contributed by atoms with Gasteiger partial charge in [0, 0.05) is 17.8 Å². The monoisotopic (exact) mass is 370 g/mol. The van der Waals surface area contributed by atoms with Crippen molar-refractivity contribution in [3.63, 3.8) is 0 Å². The average molecular weight is 370 g/mol. The number of Topliss-reactive ketones (excluding diaryl/α,β-unsaturated/α-hetero) is 1. The van der Waals surface area contributed by atoms with E-state index in [2.05, 4.69) is 10.6 Å². The van der Waals surface area contributed by atoms with Gasteiger partial charge < -0.3 is 20.1 Å². The minimum atomic E-state index is -0.458. The molecular weight excluding hydrogens is 348 g/mol. The van der Waals surface area contributed by atoms with Crippen molar-refractivity contribution >= 4 is 23.3 Å². The molecule has 2 amide bonds. The summed E-state index contributed by atoms with van der Waals surface area (Å²) in [5.74, 6) is 0.191. The van der Waals surface area contributed by atoms with E-state index in [4.69, 9.17) is 9.47 Å². The SMILES string of the molecule is COc1ccc(CNC(=O)CC(=O)Nc2cccc(C(C)=O)c2)cc1OC. The third-order valence-corrected chi connectivity index (χ3v) is 3.81. The van der Waals surface area contributed by atoms with Crippen LogP contribution in [0.25, 0.3) is 0 Å². The zero-order valence-electron chi connectivity index (χ0n) is 15.5. The largest absolute Gasteiger partial charge is 0.493 e. The Balaban J connectivity index is 1.87. The van der Waals surface area contributed by atoms with Crippen molar-refractivity contribution in [2.45, 2.75) is 19.9 Å². The van der Waals surface area contributed by atoms with Crippen LogP contribution in [-0.4, -0.2) is 31.8 Å². The van der Waals surface area contributed by atoms with E-state index in [-0.39, 0.29) is 18.7 Å². The van der Waals surface area contributed by atoms with E-state index >= 15 is 0 Å². The lowest BCUT2D eigenvalue weighted by atomic mass is 10.1. The molecule has 0 radical (unpaired) electrons. The van der Waals surface area contributed by atoms with Crippen molar-refractivity contribution in [2.24, 2.45) is 0 Å². The molecule has 0 atom stereocenters. The first-order valence-corrected chi connectivity index (χ1v) is 8.31. The molecule has 2 rings (SSSR count). The number of ether oxygens (including phenoxy) is 2. The van der Waals surface area contributed by atoms with E-state index in [1.807, 2.05) is 0 Å². The van der Waals surface area contributed by atoms with Gasteiger partial charge in [-0.1, -0.05) is 18.2 Å². The maximum atomic E-state index is 12.0. The number of methoxy groups -OCH3 is 2. The standard InChI is InChI=1S/C20H22N2O5/c1-13(23)15-5-4-6-16(10-15)22-20(25)11-19(24)21-12-14-7-8-17(26-2)18(9-14)27-3/h4-10H,11-12H2,1-3H3,(H,21,24)(H,22,25). The Morgan fingerprint density at radius 2 is 1.67 bits per heavy atom. The van der Waals surface area contributed by atoms with E-state index < -0.39 is 11.8 Å². The zero-order chi connectivity index (χ0) is 19.8. The second-order valence-corrected chi connectivity index (χ2v) is 5.83. The van der Waals surface area contributed by atoms with Crippen molar-refractivity contribution in [3.8, 4) is 11.5 Å². The zero-order valence-corrected chi connectivity index (χ0v) is 15.5. The van der Waals surface area contributed by atoms with E-state index in [0.717, 1.165) is 5.56 Å². The second-order valence-electron chi connectivity index (χ2n) is 5.83. The highest BCUT2D eigenvalue weighted by atomic mass is 16.5. The molecule has 0 saturated heterocycles. The normalized spacial score (nSPS) is 10.0.